The Morgan fingerprint density at radius 3 is 2.38 bits per heavy atom. The average molecular weight is 204 g/mol. The molecule has 0 unspecified atom stereocenters. The molecular formula is C7H10NO4S+. The van der Waals surface area contributed by atoms with Crippen molar-refractivity contribution in [2.24, 2.45) is 0 Å². The van der Waals surface area contributed by atoms with Gasteiger partial charge in [-0.1, -0.05) is 6.07 Å². The van der Waals surface area contributed by atoms with Gasteiger partial charge in [-0.05, 0) is 0 Å². The lowest BCUT2D eigenvalue weighted by Gasteiger charge is -1.96. The van der Waals surface area contributed by atoms with E-state index in [0.717, 1.165) is 0 Å². The molecule has 1 N–H and O–H groups in total. The average Bonchev–Trinajstić information content (AvgIpc) is 2.04. The highest BCUT2D eigenvalue weighted by atomic mass is 32.3. The summed E-state index contributed by atoms with van der Waals surface area (Å²) in [6.07, 6.45) is 3.54. The van der Waals surface area contributed by atoms with Gasteiger partial charge in [0.2, 0.25) is 0 Å². The third-order valence-electron chi connectivity index (χ3n) is 1.36. The van der Waals surface area contributed by atoms with Crippen LogP contribution in [-0.2, 0) is 21.1 Å². The molecule has 72 valence electrons. The summed E-state index contributed by atoms with van der Waals surface area (Å²) < 4.78 is 34.4. The first-order valence-electron chi connectivity index (χ1n) is 3.64. The smallest absolute Gasteiger partial charge is 0.264 e. The van der Waals surface area contributed by atoms with E-state index in [1.54, 1.807) is 17.0 Å². The highest BCUT2D eigenvalue weighted by molar-refractivity contribution is 7.80. The van der Waals surface area contributed by atoms with Gasteiger partial charge < -0.3 is 0 Å². The summed E-state index contributed by atoms with van der Waals surface area (Å²) in [6, 6.07) is 5.47. The molecule has 0 saturated carbocycles. The number of rotatable bonds is 4. The molecule has 6 heteroatoms. The predicted octanol–water partition coefficient (Wildman–Crippen LogP) is -0.207. The molecule has 0 aromatic carbocycles. The topological polar surface area (TPSA) is 67.5 Å². The molecule has 0 amide bonds. The summed E-state index contributed by atoms with van der Waals surface area (Å²) in [5.74, 6) is 0. The van der Waals surface area contributed by atoms with Crippen LogP contribution in [0.15, 0.2) is 30.6 Å². The molecule has 0 aliphatic carbocycles. The van der Waals surface area contributed by atoms with Gasteiger partial charge in [0.1, 0.15) is 6.61 Å². The molecule has 1 aromatic rings. The summed E-state index contributed by atoms with van der Waals surface area (Å²) in [4.78, 5) is 0. The Balaban J connectivity index is 2.37. The minimum Gasteiger partial charge on any atom is -0.264 e. The molecule has 0 saturated heterocycles. The monoisotopic (exact) mass is 204 g/mol. The van der Waals surface area contributed by atoms with Crippen molar-refractivity contribution in [3.8, 4) is 0 Å². The highest BCUT2D eigenvalue weighted by Crippen LogP contribution is 1.85. The lowest BCUT2D eigenvalue weighted by Crippen LogP contribution is -2.35. The molecule has 1 heterocycles. The van der Waals surface area contributed by atoms with Crippen molar-refractivity contribution < 1.29 is 21.7 Å². The summed E-state index contributed by atoms with van der Waals surface area (Å²) in [5.41, 5.74) is 0. The molecule has 0 atom stereocenters. The van der Waals surface area contributed by atoms with Crippen LogP contribution in [-0.4, -0.2) is 19.6 Å². The standard InChI is InChI=1S/C7H9NO4S/c9-13(10,11)12-7-6-8-4-2-1-3-5-8/h1-5H,6-7H2/p+1. The third-order valence-corrected chi connectivity index (χ3v) is 1.82. The second-order valence-corrected chi connectivity index (χ2v) is 3.45. The Kier molecular flexibility index (Phi) is 3.35. The van der Waals surface area contributed by atoms with Crippen molar-refractivity contribution in [3.63, 3.8) is 0 Å². The van der Waals surface area contributed by atoms with Gasteiger partial charge >= 0.3 is 10.4 Å². The molecule has 1 rings (SSSR count). The van der Waals surface area contributed by atoms with Crippen molar-refractivity contribution in [2.45, 2.75) is 6.54 Å². The zero-order valence-corrected chi connectivity index (χ0v) is 7.64. The fraction of sp³-hybridized carbons (Fsp3) is 0.286. The zero-order chi connectivity index (χ0) is 9.73. The van der Waals surface area contributed by atoms with E-state index in [2.05, 4.69) is 4.18 Å². The molecule has 0 radical (unpaired) electrons. The van der Waals surface area contributed by atoms with E-state index in [-0.39, 0.29) is 6.61 Å². The van der Waals surface area contributed by atoms with Gasteiger partial charge in [0, 0.05) is 12.1 Å². The Morgan fingerprint density at radius 1 is 1.23 bits per heavy atom. The van der Waals surface area contributed by atoms with Gasteiger partial charge in [-0.2, -0.15) is 8.42 Å². The van der Waals surface area contributed by atoms with Crippen molar-refractivity contribution in [1.82, 2.24) is 0 Å². The van der Waals surface area contributed by atoms with Crippen molar-refractivity contribution in [2.75, 3.05) is 6.61 Å². The van der Waals surface area contributed by atoms with Crippen molar-refractivity contribution >= 4 is 10.4 Å². The molecule has 0 aliphatic rings. The van der Waals surface area contributed by atoms with E-state index in [1.165, 1.54) is 0 Å². The summed E-state index contributed by atoms with van der Waals surface area (Å²) in [7, 11) is -4.31. The molecule has 0 bridgehead atoms. The first kappa shape index (κ1) is 10.1. The van der Waals surface area contributed by atoms with Gasteiger partial charge in [-0.3, -0.25) is 4.55 Å². The zero-order valence-electron chi connectivity index (χ0n) is 6.83. The maximum atomic E-state index is 10.1. The Bertz CT molecular complexity index is 348. The highest BCUT2D eigenvalue weighted by Gasteiger charge is 2.05. The van der Waals surface area contributed by atoms with Crippen LogP contribution in [0, 0.1) is 0 Å². The SMILES string of the molecule is O=S(=O)(O)OCC[n+]1ccccc1. The molecule has 1 aromatic heterocycles. The molecular weight excluding hydrogens is 194 g/mol. The number of nitrogens with zero attached hydrogens (tertiary/aromatic N) is 1. The predicted molar refractivity (Wildman–Crippen MR) is 44.1 cm³/mol. The minimum absolute atomic E-state index is 0.0759. The van der Waals surface area contributed by atoms with Gasteiger partial charge in [-0.15, -0.1) is 0 Å². The molecule has 0 aliphatic heterocycles. The molecule has 13 heavy (non-hydrogen) atoms. The summed E-state index contributed by atoms with van der Waals surface area (Å²) in [6.45, 7) is 0.300. The number of hydrogen-bond donors (Lipinski definition) is 1. The van der Waals surface area contributed by atoms with E-state index in [1.807, 2.05) is 18.2 Å². The maximum Gasteiger partial charge on any atom is 0.397 e. The Labute approximate surface area is 76.5 Å². The van der Waals surface area contributed by atoms with E-state index in [4.69, 9.17) is 4.55 Å². The van der Waals surface area contributed by atoms with Crippen LogP contribution >= 0.6 is 0 Å². The van der Waals surface area contributed by atoms with Crippen LogP contribution in [0.3, 0.4) is 0 Å². The lowest BCUT2D eigenvalue weighted by atomic mass is 10.5. The van der Waals surface area contributed by atoms with Crippen LogP contribution in [0.25, 0.3) is 0 Å². The fourth-order valence-corrected chi connectivity index (χ4v) is 1.12. The first-order chi connectivity index (χ1) is 6.08. The number of hydrogen-bond acceptors (Lipinski definition) is 3. The second kappa shape index (κ2) is 4.31. The van der Waals surface area contributed by atoms with E-state index < -0.39 is 10.4 Å². The van der Waals surface area contributed by atoms with E-state index >= 15 is 0 Å². The van der Waals surface area contributed by atoms with Crippen LogP contribution in [0.1, 0.15) is 0 Å². The van der Waals surface area contributed by atoms with Gasteiger partial charge in [-0.25, -0.2) is 8.75 Å². The Hall–Kier alpha value is -0.980. The van der Waals surface area contributed by atoms with Crippen molar-refractivity contribution in [1.29, 1.82) is 0 Å². The first-order valence-corrected chi connectivity index (χ1v) is 5.00. The molecule has 5 nitrogen and oxygen atoms in total. The number of aromatic nitrogens is 1. The quantitative estimate of drug-likeness (QED) is 0.544. The van der Waals surface area contributed by atoms with E-state index in [9.17, 15) is 8.42 Å². The van der Waals surface area contributed by atoms with E-state index in [0.29, 0.717) is 6.54 Å². The second-order valence-electron chi connectivity index (χ2n) is 2.36. The normalized spacial score (nSPS) is 11.5. The fourth-order valence-electron chi connectivity index (χ4n) is 0.831. The Morgan fingerprint density at radius 2 is 1.85 bits per heavy atom. The van der Waals surface area contributed by atoms with Crippen LogP contribution in [0.5, 0.6) is 0 Å². The van der Waals surface area contributed by atoms with Crippen LogP contribution < -0.4 is 4.57 Å². The summed E-state index contributed by atoms with van der Waals surface area (Å²) >= 11 is 0. The van der Waals surface area contributed by atoms with Crippen LogP contribution in [0.2, 0.25) is 0 Å². The minimum atomic E-state index is -4.31. The largest absolute Gasteiger partial charge is 0.397 e. The number of pyridine rings is 1. The van der Waals surface area contributed by atoms with Gasteiger partial charge in [0.15, 0.2) is 18.9 Å². The van der Waals surface area contributed by atoms with Gasteiger partial charge in [0.05, 0.1) is 0 Å². The maximum absolute atomic E-state index is 10.1. The third kappa shape index (κ3) is 4.56. The molecule has 0 spiro atoms. The van der Waals surface area contributed by atoms with Crippen LogP contribution in [0.4, 0.5) is 0 Å². The summed E-state index contributed by atoms with van der Waals surface area (Å²) in [5, 5.41) is 0. The van der Waals surface area contributed by atoms with Gasteiger partial charge in [0.25, 0.3) is 0 Å². The van der Waals surface area contributed by atoms with Crippen molar-refractivity contribution in [3.05, 3.63) is 30.6 Å². The lowest BCUT2D eigenvalue weighted by molar-refractivity contribution is -0.697. The molecule has 0 fully saturated rings.